The van der Waals surface area contributed by atoms with Gasteiger partial charge in [-0.25, -0.2) is 14.5 Å². The standard InChI is InChI=1S/C27H37NO7/c1-8-9-17(24(30)28-20(27(4,5)6)14-35-26(28)32)12-15(2)10-11-18-22(29)21-19(13-34-25(21)31)16(3)23(18)33-7/h10,17,20,29H,8-9,11-14H2,1-7H3/b15-10+. The van der Waals surface area contributed by atoms with Crippen LogP contribution in [0.5, 0.6) is 11.5 Å². The number of carbonyl (C=O) groups is 3. The van der Waals surface area contributed by atoms with Crippen LogP contribution in [0.4, 0.5) is 4.79 Å². The van der Waals surface area contributed by atoms with Gasteiger partial charge in [0.2, 0.25) is 5.91 Å². The molecule has 2 unspecified atom stereocenters. The number of aromatic hydroxyl groups is 1. The van der Waals surface area contributed by atoms with Gasteiger partial charge in [0, 0.05) is 17.0 Å². The van der Waals surface area contributed by atoms with Gasteiger partial charge < -0.3 is 19.3 Å². The van der Waals surface area contributed by atoms with Crippen molar-refractivity contribution in [3.8, 4) is 11.5 Å². The van der Waals surface area contributed by atoms with Gasteiger partial charge in [0.1, 0.15) is 30.3 Å². The molecule has 8 heteroatoms. The maximum Gasteiger partial charge on any atom is 0.417 e. The van der Waals surface area contributed by atoms with Gasteiger partial charge >= 0.3 is 12.1 Å². The number of imide groups is 1. The number of fused-ring (bicyclic) bond motifs is 1. The fourth-order valence-corrected chi connectivity index (χ4v) is 4.94. The highest BCUT2D eigenvalue weighted by Crippen LogP contribution is 2.42. The Morgan fingerprint density at radius 1 is 1.29 bits per heavy atom. The van der Waals surface area contributed by atoms with Gasteiger partial charge in [0.25, 0.3) is 0 Å². The average Bonchev–Trinajstić information content (AvgIpc) is 3.37. The lowest BCUT2D eigenvalue weighted by atomic mass is 9.85. The van der Waals surface area contributed by atoms with Crippen LogP contribution in [-0.4, -0.2) is 47.7 Å². The smallest absolute Gasteiger partial charge is 0.417 e. The molecule has 2 aliphatic heterocycles. The molecule has 2 atom stereocenters. The monoisotopic (exact) mass is 487 g/mol. The van der Waals surface area contributed by atoms with E-state index in [-0.39, 0.29) is 47.8 Å². The maximum absolute atomic E-state index is 13.5. The second-order valence-corrected chi connectivity index (χ2v) is 10.5. The molecule has 0 saturated carbocycles. The summed E-state index contributed by atoms with van der Waals surface area (Å²) >= 11 is 0. The largest absolute Gasteiger partial charge is 0.507 e. The van der Waals surface area contributed by atoms with E-state index in [1.807, 2.05) is 47.6 Å². The zero-order valence-electron chi connectivity index (χ0n) is 21.8. The van der Waals surface area contributed by atoms with Crippen molar-refractivity contribution in [1.29, 1.82) is 0 Å². The molecule has 0 spiro atoms. The first kappa shape index (κ1) is 26.6. The van der Waals surface area contributed by atoms with Gasteiger partial charge in [-0.05, 0) is 44.1 Å². The number of allylic oxidation sites excluding steroid dienone is 2. The van der Waals surface area contributed by atoms with Crippen LogP contribution in [0.15, 0.2) is 11.6 Å². The van der Waals surface area contributed by atoms with E-state index < -0.39 is 12.1 Å². The normalized spacial score (nSPS) is 18.9. The highest BCUT2D eigenvalue weighted by molar-refractivity contribution is 5.98. The fraction of sp³-hybridized carbons (Fsp3) is 0.593. The number of methoxy groups -OCH3 is 1. The van der Waals surface area contributed by atoms with Crippen LogP contribution in [-0.2, 0) is 27.3 Å². The van der Waals surface area contributed by atoms with Gasteiger partial charge in [-0.15, -0.1) is 0 Å². The summed E-state index contributed by atoms with van der Waals surface area (Å²) < 4.78 is 15.9. The molecule has 1 N–H and O–H groups in total. The van der Waals surface area contributed by atoms with Gasteiger partial charge in [-0.2, -0.15) is 0 Å². The van der Waals surface area contributed by atoms with Crippen molar-refractivity contribution in [1.82, 2.24) is 4.90 Å². The highest BCUT2D eigenvalue weighted by atomic mass is 16.6. The minimum atomic E-state index is -0.576. The second kappa shape index (κ2) is 10.3. The highest BCUT2D eigenvalue weighted by Gasteiger charge is 2.45. The summed E-state index contributed by atoms with van der Waals surface area (Å²) in [6.45, 7) is 12.1. The lowest BCUT2D eigenvalue weighted by Crippen LogP contribution is -2.48. The quantitative estimate of drug-likeness (QED) is 0.403. The summed E-state index contributed by atoms with van der Waals surface area (Å²) in [5.74, 6) is -0.706. The first-order chi connectivity index (χ1) is 16.4. The van der Waals surface area contributed by atoms with E-state index in [2.05, 4.69) is 0 Å². The number of esters is 1. The van der Waals surface area contributed by atoms with E-state index in [1.54, 1.807) is 0 Å². The Hall–Kier alpha value is -3.03. The number of amides is 2. The number of rotatable bonds is 8. The molecular weight excluding hydrogens is 450 g/mol. The third-order valence-corrected chi connectivity index (χ3v) is 6.97. The number of ether oxygens (including phenoxy) is 3. The van der Waals surface area contributed by atoms with E-state index in [1.165, 1.54) is 12.0 Å². The summed E-state index contributed by atoms with van der Waals surface area (Å²) in [6.07, 6.45) is 3.60. The van der Waals surface area contributed by atoms with E-state index in [9.17, 15) is 19.5 Å². The zero-order valence-corrected chi connectivity index (χ0v) is 21.8. The van der Waals surface area contributed by atoms with Crippen molar-refractivity contribution in [3.05, 3.63) is 33.9 Å². The molecule has 0 aromatic heterocycles. The van der Waals surface area contributed by atoms with Gasteiger partial charge in [-0.1, -0.05) is 45.8 Å². The van der Waals surface area contributed by atoms with Crippen molar-refractivity contribution in [2.24, 2.45) is 11.3 Å². The summed E-state index contributed by atoms with van der Waals surface area (Å²) in [6, 6.07) is -0.304. The van der Waals surface area contributed by atoms with Crippen molar-refractivity contribution in [3.63, 3.8) is 0 Å². The molecule has 192 valence electrons. The first-order valence-electron chi connectivity index (χ1n) is 12.2. The Morgan fingerprint density at radius 2 is 1.97 bits per heavy atom. The molecule has 0 aliphatic carbocycles. The second-order valence-electron chi connectivity index (χ2n) is 10.5. The number of benzene rings is 1. The Morgan fingerprint density at radius 3 is 2.57 bits per heavy atom. The van der Waals surface area contributed by atoms with Crippen LogP contribution in [0.3, 0.4) is 0 Å². The third-order valence-electron chi connectivity index (χ3n) is 6.97. The van der Waals surface area contributed by atoms with E-state index >= 15 is 0 Å². The Balaban J connectivity index is 1.84. The molecule has 1 saturated heterocycles. The number of hydrogen-bond acceptors (Lipinski definition) is 7. The Labute approximate surface area is 207 Å². The van der Waals surface area contributed by atoms with E-state index in [4.69, 9.17) is 14.2 Å². The van der Waals surface area contributed by atoms with Crippen LogP contribution >= 0.6 is 0 Å². The van der Waals surface area contributed by atoms with Crippen molar-refractivity contribution in [2.75, 3.05) is 13.7 Å². The van der Waals surface area contributed by atoms with Crippen LogP contribution in [0.1, 0.15) is 80.9 Å². The number of phenols is 1. The average molecular weight is 488 g/mol. The number of cyclic esters (lactones) is 2. The van der Waals surface area contributed by atoms with Gasteiger partial charge in [0.05, 0.1) is 13.2 Å². The van der Waals surface area contributed by atoms with Gasteiger partial charge in [-0.3, -0.25) is 4.79 Å². The maximum atomic E-state index is 13.5. The summed E-state index contributed by atoms with van der Waals surface area (Å²) in [5.41, 5.74) is 2.78. The van der Waals surface area contributed by atoms with Crippen LogP contribution in [0.2, 0.25) is 0 Å². The molecule has 0 bridgehead atoms. The fourth-order valence-electron chi connectivity index (χ4n) is 4.94. The van der Waals surface area contributed by atoms with E-state index in [0.29, 0.717) is 36.1 Å². The van der Waals surface area contributed by atoms with Crippen LogP contribution < -0.4 is 4.74 Å². The molecular formula is C27H37NO7. The molecule has 2 heterocycles. The minimum absolute atomic E-state index is 0.119. The molecule has 2 aliphatic rings. The van der Waals surface area contributed by atoms with Crippen molar-refractivity contribution >= 4 is 18.0 Å². The lowest BCUT2D eigenvalue weighted by Gasteiger charge is -2.33. The number of carbonyl (C=O) groups excluding carboxylic acids is 3. The molecule has 2 amide bonds. The lowest BCUT2D eigenvalue weighted by molar-refractivity contribution is -0.135. The minimum Gasteiger partial charge on any atom is -0.507 e. The predicted molar refractivity (Wildman–Crippen MR) is 130 cm³/mol. The molecule has 1 aromatic rings. The summed E-state index contributed by atoms with van der Waals surface area (Å²) in [5, 5.41) is 10.8. The van der Waals surface area contributed by atoms with Gasteiger partial charge in [0.15, 0.2) is 0 Å². The molecule has 35 heavy (non-hydrogen) atoms. The third kappa shape index (κ3) is 5.16. The predicted octanol–water partition coefficient (Wildman–Crippen LogP) is 5.07. The number of hydrogen-bond donors (Lipinski definition) is 1. The van der Waals surface area contributed by atoms with Crippen LogP contribution in [0, 0.1) is 18.3 Å². The Bertz CT molecular complexity index is 1050. The van der Waals surface area contributed by atoms with Crippen molar-refractivity contribution < 1.29 is 33.7 Å². The van der Waals surface area contributed by atoms with Crippen molar-refractivity contribution in [2.45, 2.75) is 79.9 Å². The first-order valence-corrected chi connectivity index (χ1v) is 12.2. The topological polar surface area (TPSA) is 102 Å². The summed E-state index contributed by atoms with van der Waals surface area (Å²) in [4.78, 5) is 39.3. The SMILES string of the molecule is CCCC(C/C(C)=C/Cc1c(O)c2c(c(C)c1OC)COC2=O)C(=O)N1C(=O)OCC1C(C)(C)C. The van der Waals surface area contributed by atoms with Crippen LogP contribution in [0.25, 0.3) is 0 Å². The van der Waals surface area contributed by atoms with E-state index in [0.717, 1.165) is 17.6 Å². The number of phenolic OH excluding ortho intramolecular Hbond substituents is 1. The summed E-state index contributed by atoms with van der Waals surface area (Å²) in [7, 11) is 1.53. The Kier molecular flexibility index (Phi) is 7.82. The molecule has 8 nitrogen and oxygen atoms in total. The molecule has 1 fully saturated rings. The molecule has 3 rings (SSSR count). The number of nitrogens with zero attached hydrogens (tertiary/aromatic N) is 1. The molecule has 1 aromatic carbocycles. The molecule has 0 radical (unpaired) electrons. The zero-order chi connectivity index (χ0) is 26.1.